The average molecular weight is 249 g/mol. The Morgan fingerprint density at radius 3 is 2.61 bits per heavy atom. The molecular weight excluding hydrogens is 230 g/mol. The number of phenols is 1. The summed E-state index contributed by atoms with van der Waals surface area (Å²) in [5, 5.41) is 21.6. The van der Waals surface area contributed by atoms with Gasteiger partial charge in [0.15, 0.2) is 0 Å². The summed E-state index contributed by atoms with van der Waals surface area (Å²) in [6.45, 7) is 0.554. The van der Waals surface area contributed by atoms with Gasteiger partial charge >= 0.3 is 0 Å². The molecule has 0 radical (unpaired) electrons. The number of carbonyl (C=O) groups is 1. The second-order valence-corrected chi connectivity index (χ2v) is 4.91. The molecule has 98 valence electrons. The molecule has 0 aliphatic heterocycles. The van der Waals surface area contributed by atoms with Crippen LogP contribution in [0.1, 0.15) is 24.8 Å². The molecule has 1 aliphatic rings. The summed E-state index contributed by atoms with van der Waals surface area (Å²) in [7, 11) is 0. The van der Waals surface area contributed by atoms with Crippen LogP contribution in [0.15, 0.2) is 24.3 Å². The van der Waals surface area contributed by atoms with Crippen molar-refractivity contribution < 1.29 is 15.0 Å². The summed E-state index contributed by atoms with van der Waals surface area (Å²) in [6, 6.07) is 6.62. The van der Waals surface area contributed by atoms with E-state index in [1.165, 1.54) is 0 Å². The van der Waals surface area contributed by atoms with E-state index in [-0.39, 0.29) is 23.7 Å². The van der Waals surface area contributed by atoms with E-state index in [0.717, 1.165) is 24.8 Å². The van der Waals surface area contributed by atoms with Crippen LogP contribution in [-0.2, 0) is 11.2 Å². The van der Waals surface area contributed by atoms with Crippen LogP contribution in [-0.4, -0.2) is 28.8 Å². The molecule has 0 bridgehead atoms. The maximum atomic E-state index is 11.7. The van der Waals surface area contributed by atoms with Gasteiger partial charge in [-0.3, -0.25) is 4.79 Å². The second kappa shape index (κ2) is 5.87. The average Bonchev–Trinajstić information content (AvgIpc) is 2.75. The van der Waals surface area contributed by atoms with Gasteiger partial charge in [0, 0.05) is 12.5 Å². The SMILES string of the molecule is O=C(Cc1ccc(O)cc1)NCC1CCCC1O. The van der Waals surface area contributed by atoms with Gasteiger partial charge in [-0.05, 0) is 30.5 Å². The molecular formula is C14H19NO3. The van der Waals surface area contributed by atoms with Crippen LogP contribution < -0.4 is 5.32 Å². The number of amides is 1. The highest BCUT2D eigenvalue weighted by molar-refractivity contribution is 5.78. The third-order valence-corrected chi connectivity index (χ3v) is 3.48. The fraction of sp³-hybridized carbons (Fsp3) is 0.500. The van der Waals surface area contributed by atoms with E-state index >= 15 is 0 Å². The van der Waals surface area contributed by atoms with E-state index in [0.29, 0.717) is 13.0 Å². The van der Waals surface area contributed by atoms with Crippen molar-refractivity contribution in [1.29, 1.82) is 0 Å². The summed E-state index contributed by atoms with van der Waals surface area (Å²) in [5.41, 5.74) is 0.872. The summed E-state index contributed by atoms with van der Waals surface area (Å²) in [6.07, 6.45) is 2.92. The maximum Gasteiger partial charge on any atom is 0.224 e. The molecule has 1 aromatic rings. The number of rotatable bonds is 4. The fourth-order valence-corrected chi connectivity index (χ4v) is 2.36. The number of nitrogens with one attached hydrogen (secondary N) is 1. The zero-order chi connectivity index (χ0) is 13.0. The number of aliphatic hydroxyl groups excluding tert-OH is 1. The smallest absolute Gasteiger partial charge is 0.224 e. The van der Waals surface area contributed by atoms with Crippen molar-refractivity contribution in [2.75, 3.05) is 6.54 Å². The number of carbonyl (C=O) groups excluding carboxylic acids is 1. The molecule has 2 atom stereocenters. The van der Waals surface area contributed by atoms with Gasteiger partial charge in [0.05, 0.1) is 12.5 Å². The van der Waals surface area contributed by atoms with Gasteiger partial charge < -0.3 is 15.5 Å². The lowest BCUT2D eigenvalue weighted by atomic mass is 10.1. The fourth-order valence-electron chi connectivity index (χ4n) is 2.36. The first-order valence-electron chi connectivity index (χ1n) is 6.38. The summed E-state index contributed by atoms with van der Waals surface area (Å²) < 4.78 is 0. The van der Waals surface area contributed by atoms with Crippen LogP contribution in [0.4, 0.5) is 0 Å². The maximum absolute atomic E-state index is 11.7. The highest BCUT2D eigenvalue weighted by Crippen LogP contribution is 2.24. The van der Waals surface area contributed by atoms with E-state index < -0.39 is 0 Å². The van der Waals surface area contributed by atoms with Gasteiger partial charge in [0.2, 0.25) is 5.91 Å². The van der Waals surface area contributed by atoms with Crippen LogP contribution >= 0.6 is 0 Å². The predicted octanol–water partition coefficient (Wildman–Crippen LogP) is 1.21. The Morgan fingerprint density at radius 1 is 1.28 bits per heavy atom. The molecule has 4 heteroatoms. The molecule has 1 aromatic carbocycles. The summed E-state index contributed by atoms with van der Waals surface area (Å²) in [5.74, 6) is 0.363. The van der Waals surface area contributed by atoms with Crippen molar-refractivity contribution >= 4 is 5.91 Å². The zero-order valence-electron chi connectivity index (χ0n) is 10.3. The van der Waals surface area contributed by atoms with Gasteiger partial charge in [0.1, 0.15) is 5.75 Å². The molecule has 18 heavy (non-hydrogen) atoms. The highest BCUT2D eigenvalue weighted by atomic mass is 16.3. The van der Waals surface area contributed by atoms with Gasteiger partial charge in [-0.2, -0.15) is 0 Å². The van der Waals surface area contributed by atoms with Crippen LogP contribution in [0.2, 0.25) is 0 Å². The molecule has 0 heterocycles. The van der Waals surface area contributed by atoms with Crippen LogP contribution in [0, 0.1) is 5.92 Å². The highest BCUT2D eigenvalue weighted by Gasteiger charge is 2.25. The largest absolute Gasteiger partial charge is 0.508 e. The summed E-state index contributed by atoms with van der Waals surface area (Å²) in [4.78, 5) is 11.7. The van der Waals surface area contributed by atoms with Crippen molar-refractivity contribution in [3.05, 3.63) is 29.8 Å². The topological polar surface area (TPSA) is 69.6 Å². The van der Waals surface area contributed by atoms with Crippen LogP contribution in [0.5, 0.6) is 5.75 Å². The minimum Gasteiger partial charge on any atom is -0.508 e. The molecule has 1 amide bonds. The van der Waals surface area contributed by atoms with Gasteiger partial charge in [-0.25, -0.2) is 0 Å². The molecule has 2 unspecified atom stereocenters. The molecule has 1 saturated carbocycles. The third-order valence-electron chi connectivity index (χ3n) is 3.48. The van der Waals surface area contributed by atoms with Crippen molar-refractivity contribution in [3.8, 4) is 5.75 Å². The van der Waals surface area contributed by atoms with Crippen molar-refractivity contribution in [2.24, 2.45) is 5.92 Å². The zero-order valence-corrected chi connectivity index (χ0v) is 10.3. The van der Waals surface area contributed by atoms with Gasteiger partial charge in [-0.1, -0.05) is 18.6 Å². The van der Waals surface area contributed by atoms with E-state index in [1.54, 1.807) is 24.3 Å². The third kappa shape index (κ3) is 3.47. The van der Waals surface area contributed by atoms with Gasteiger partial charge in [0.25, 0.3) is 0 Å². The van der Waals surface area contributed by atoms with E-state index in [4.69, 9.17) is 5.11 Å². The Hall–Kier alpha value is -1.55. The standard InChI is InChI=1S/C14H19NO3/c16-12-6-4-10(5-7-12)8-14(18)15-9-11-2-1-3-13(11)17/h4-7,11,13,16-17H,1-3,8-9H2,(H,15,18). The van der Waals surface area contributed by atoms with E-state index in [2.05, 4.69) is 5.32 Å². The summed E-state index contributed by atoms with van der Waals surface area (Å²) >= 11 is 0. The first-order chi connectivity index (χ1) is 8.65. The van der Waals surface area contributed by atoms with E-state index in [9.17, 15) is 9.90 Å². The Labute approximate surface area is 107 Å². The number of aliphatic hydroxyl groups is 1. The van der Waals surface area contributed by atoms with Crippen molar-refractivity contribution in [3.63, 3.8) is 0 Å². The Bertz CT molecular complexity index is 402. The number of aromatic hydroxyl groups is 1. The molecule has 1 aliphatic carbocycles. The lowest BCUT2D eigenvalue weighted by Crippen LogP contribution is -2.33. The predicted molar refractivity (Wildman–Crippen MR) is 68.2 cm³/mol. The van der Waals surface area contributed by atoms with Crippen LogP contribution in [0.25, 0.3) is 0 Å². The first kappa shape index (κ1) is 12.9. The molecule has 0 spiro atoms. The number of hydrogen-bond acceptors (Lipinski definition) is 3. The molecule has 0 aromatic heterocycles. The number of hydrogen-bond donors (Lipinski definition) is 3. The lowest BCUT2D eigenvalue weighted by molar-refractivity contribution is -0.120. The monoisotopic (exact) mass is 249 g/mol. The molecule has 3 N–H and O–H groups in total. The first-order valence-corrected chi connectivity index (χ1v) is 6.38. The van der Waals surface area contributed by atoms with Crippen molar-refractivity contribution in [2.45, 2.75) is 31.8 Å². The minimum absolute atomic E-state index is 0.0419. The van der Waals surface area contributed by atoms with Gasteiger partial charge in [-0.15, -0.1) is 0 Å². The van der Waals surface area contributed by atoms with Crippen LogP contribution in [0.3, 0.4) is 0 Å². The quantitative estimate of drug-likeness (QED) is 0.751. The lowest BCUT2D eigenvalue weighted by Gasteiger charge is -2.15. The second-order valence-electron chi connectivity index (χ2n) is 4.91. The van der Waals surface area contributed by atoms with E-state index in [1.807, 2.05) is 0 Å². The molecule has 1 fully saturated rings. The Balaban J connectivity index is 1.76. The Morgan fingerprint density at radius 2 is 2.00 bits per heavy atom. The molecule has 2 rings (SSSR count). The Kier molecular flexibility index (Phi) is 4.20. The van der Waals surface area contributed by atoms with Crippen molar-refractivity contribution in [1.82, 2.24) is 5.32 Å². The molecule has 4 nitrogen and oxygen atoms in total. The normalized spacial score (nSPS) is 22.9. The number of benzene rings is 1. The molecule has 0 saturated heterocycles. The number of phenolic OH excluding ortho intramolecular Hbond substituents is 1. The minimum atomic E-state index is -0.265.